The Morgan fingerprint density at radius 2 is 1.49 bits per heavy atom. The average molecular weight is 615 g/mol. The normalized spacial score (nSPS) is 11.0. The zero-order chi connectivity index (χ0) is 30.7. The lowest BCUT2D eigenvalue weighted by molar-refractivity contribution is -0.192. The molecule has 0 bridgehead atoms. The van der Waals surface area contributed by atoms with Gasteiger partial charge >= 0.3 is 12.1 Å². The van der Waals surface area contributed by atoms with Crippen molar-refractivity contribution in [1.29, 1.82) is 0 Å². The Balaban J connectivity index is 0.000000745. The highest BCUT2D eigenvalue weighted by molar-refractivity contribution is 6.40. The molecule has 3 rings (SSSR count). The summed E-state index contributed by atoms with van der Waals surface area (Å²) in [6.45, 7) is 0.653. The molecule has 3 aromatic rings. The molecule has 0 spiro atoms. The molecule has 3 amide bonds. The molecule has 2 aromatic carbocycles. The Morgan fingerprint density at radius 3 is 2.00 bits per heavy atom. The van der Waals surface area contributed by atoms with Crippen LogP contribution in [0.2, 0.25) is 10.0 Å². The molecule has 0 saturated heterocycles. The SMILES string of the molecule is CN(C)C/C=C/C(=O)Nc1ccc(NC(=O)c2[nH]ncc2NC(=O)c2c(Cl)cccc2Cl)cc1.O=C(O)C(F)(F)F. The van der Waals surface area contributed by atoms with E-state index >= 15 is 0 Å². The van der Waals surface area contributed by atoms with Gasteiger partial charge in [-0.15, -0.1) is 0 Å². The van der Waals surface area contributed by atoms with E-state index in [1.165, 1.54) is 24.4 Å². The smallest absolute Gasteiger partial charge is 0.475 e. The number of amides is 3. The number of H-pyrrole nitrogens is 1. The zero-order valence-electron chi connectivity index (χ0n) is 21.3. The van der Waals surface area contributed by atoms with Crippen LogP contribution in [0.25, 0.3) is 0 Å². The molecule has 0 radical (unpaired) electrons. The van der Waals surface area contributed by atoms with Gasteiger partial charge in [-0.2, -0.15) is 18.3 Å². The molecule has 5 N–H and O–H groups in total. The summed E-state index contributed by atoms with van der Waals surface area (Å²) in [6, 6.07) is 11.3. The van der Waals surface area contributed by atoms with Crippen molar-refractivity contribution in [1.82, 2.24) is 15.1 Å². The largest absolute Gasteiger partial charge is 0.490 e. The van der Waals surface area contributed by atoms with Gasteiger partial charge in [-0.25, -0.2) is 4.79 Å². The molecule has 0 unspecified atom stereocenters. The average Bonchev–Trinajstić information content (AvgIpc) is 3.33. The Morgan fingerprint density at radius 1 is 0.951 bits per heavy atom. The first-order valence-corrected chi connectivity index (χ1v) is 12.1. The van der Waals surface area contributed by atoms with Crippen LogP contribution in [0.5, 0.6) is 0 Å². The molecule has 0 atom stereocenters. The maximum absolute atomic E-state index is 12.7. The first-order valence-electron chi connectivity index (χ1n) is 11.3. The summed E-state index contributed by atoms with van der Waals surface area (Å²) in [5.41, 5.74) is 1.34. The first kappa shape index (κ1) is 32.8. The number of alkyl halides is 3. The summed E-state index contributed by atoms with van der Waals surface area (Å²) in [5.74, 6) is -4.12. The van der Waals surface area contributed by atoms with E-state index in [-0.39, 0.29) is 32.9 Å². The second kappa shape index (κ2) is 14.8. The molecule has 0 aliphatic rings. The summed E-state index contributed by atoms with van der Waals surface area (Å²) in [5, 5.41) is 21.9. The molecule has 11 nitrogen and oxygen atoms in total. The number of carbonyl (C=O) groups is 4. The van der Waals surface area contributed by atoms with E-state index in [1.807, 2.05) is 19.0 Å². The van der Waals surface area contributed by atoms with Gasteiger partial charge in [0, 0.05) is 24.0 Å². The standard InChI is InChI=1S/C23H22Cl2N6O3.C2HF3O2/c1-31(2)12-4-7-19(32)27-14-8-10-15(11-9-14)28-23(34)21-18(13-26-30-21)29-22(33)20-16(24)5-3-6-17(20)25;3-2(4,5)1(6)7/h3-11,13H,12H2,1-2H3,(H,26,30)(H,27,32)(H,28,34)(H,29,33);(H,6,7)/b7-4+;. The van der Waals surface area contributed by atoms with Crippen LogP contribution in [0.4, 0.5) is 30.2 Å². The highest BCUT2D eigenvalue weighted by Gasteiger charge is 2.38. The molecule has 0 aliphatic carbocycles. The molecular formula is C25H23Cl2F3N6O5. The number of aliphatic carboxylic acids is 1. The summed E-state index contributed by atoms with van der Waals surface area (Å²) in [4.78, 5) is 48.1. The fourth-order valence-electron chi connectivity index (χ4n) is 2.84. The minimum atomic E-state index is -5.08. The molecule has 218 valence electrons. The minimum absolute atomic E-state index is 0.0416. The molecule has 1 aromatic heterocycles. The van der Waals surface area contributed by atoms with Gasteiger partial charge in [0.05, 0.1) is 27.5 Å². The van der Waals surface area contributed by atoms with Gasteiger partial charge in [0.15, 0.2) is 0 Å². The quantitative estimate of drug-likeness (QED) is 0.226. The van der Waals surface area contributed by atoms with E-state index < -0.39 is 24.0 Å². The number of nitrogens with one attached hydrogen (secondary N) is 4. The lowest BCUT2D eigenvalue weighted by Gasteiger charge is -2.10. The van der Waals surface area contributed by atoms with Crippen molar-refractivity contribution in [2.24, 2.45) is 0 Å². The molecule has 0 aliphatic heterocycles. The number of rotatable bonds is 8. The van der Waals surface area contributed by atoms with Crippen LogP contribution in [0, 0.1) is 0 Å². The number of anilines is 3. The van der Waals surface area contributed by atoms with E-state index in [4.69, 9.17) is 33.1 Å². The van der Waals surface area contributed by atoms with E-state index in [0.29, 0.717) is 17.9 Å². The maximum atomic E-state index is 12.7. The van der Waals surface area contributed by atoms with Crippen LogP contribution in [0.3, 0.4) is 0 Å². The van der Waals surface area contributed by atoms with Crippen molar-refractivity contribution in [3.05, 3.63) is 82.1 Å². The van der Waals surface area contributed by atoms with Crippen molar-refractivity contribution < 1.29 is 37.5 Å². The number of benzene rings is 2. The third-order valence-corrected chi connectivity index (χ3v) is 5.33. The van der Waals surface area contributed by atoms with Gasteiger partial charge in [-0.05, 0) is 50.5 Å². The number of hydrogen-bond donors (Lipinski definition) is 5. The molecule has 0 fully saturated rings. The van der Waals surface area contributed by atoms with Gasteiger partial charge < -0.3 is 26.0 Å². The lowest BCUT2D eigenvalue weighted by atomic mass is 10.2. The molecule has 0 saturated carbocycles. The third kappa shape index (κ3) is 10.6. The van der Waals surface area contributed by atoms with Gasteiger partial charge in [-0.1, -0.05) is 35.3 Å². The second-order valence-electron chi connectivity index (χ2n) is 8.20. The molecular weight excluding hydrogens is 592 g/mol. The topological polar surface area (TPSA) is 157 Å². The van der Waals surface area contributed by atoms with Crippen molar-refractivity contribution in [2.45, 2.75) is 6.18 Å². The van der Waals surface area contributed by atoms with Crippen LogP contribution in [-0.4, -0.2) is 70.7 Å². The van der Waals surface area contributed by atoms with E-state index in [1.54, 1.807) is 36.4 Å². The monoisotopic (exact) mass is 614 g/mol. The highest BCUT2D eigenvalue weighted by Crippen LogP contribution is 2.26. The maximum Gasteiger partial charge on any atom is 0.490 e. The predicted octanol–water partition coefficient (Wildman–Crippen LogP) is 4.91. The summed E-state index contributed by atoms with van der Waals surface area (Å²) >= 11 is 12.2. The van der Waals surface area contributed by atoms with Crippen LogP contribution >= 0.6 is 23.2 Å². The fourth-order valence-corrected chi connectivity index (χ4v) is 3.41. The lowest BCUT2D eigenvalue weighted by Crippen LogP contribution is -2.21. The molecule has 41 heavy (non-hydrogen) atoms. The Kier molecular flexibility index (Phi) is 11.9. The van der Waals surface area contributed by atoms with Crippen LogP contribution in [0.1, 0.15) is 20.8 Å². The van der Waals surface area contributed by atoms with Crippen LogP contribution in [0.15, 0.2) is 60.8 Å². The minimum Gasteiger partial charge on any atom is -0.475 e. The second-order valence-corrected chi connectivity index (χ2v) is 9.01. The van der Waals surface area contributed by atoms with Crippen molar-refractivity contribution >= 4 is 64.0 Å². The highest BCUT2D eigenvalue weighted by atomic mass is 35.5. The Labute approximate surface area is 241 Å². The number of carboxylic acids is 1. The number of aromatic nitrogens is 2. The number of nitrogens with zero attached hydrogens (tertiary/aromatic N) is 2. The van der Waals surface area contributed by atoms with Crippen molar-refractivity contribution in [3.63, 3.8) is 0 Å². The third-order valence-electron chi connectivity index (χ3n) is 4.70. The predicted molar refractivity (Wildman–Crippen MR) is 147 cm³/mol. The number of hydrogen-bond acceptors (Lipinski definition) is 6. The number of likely N-dealkylation sites (N-methyl/N-ethyl adjacent to an activating group) is 1. The zero-order valence-corrected chi connectivity index (χ0v) is 22.9. The number of carbonyl (C=O) groups excluding carboxylic acids is 3. The summed E-state index contributed by atoms with van der Waals surface area (Å²) in [6.07, 6.45) is -0.566. The van der Waals surface area contributed by atoms with Crippen molar-refractivity contribution in [2.75, 3.05) is 36.6 Å². The Hall–Kier alpha value is -4.40. The molecule has 1 heterocycles. The number of carboxylic acid groups (broad SMARTS) is 1. The first-order chi connectivity index (χ1) is 19.2. The van der Waals surface area contributed by atoms with Crippen LogP contribution in [-0.2, 0) is 9.59 Å². The van der Waals surface area contributed by atoms with E-state index in [2.05, 4.69) is 26.1 Å². The van der Waals surface area contributed by atoms with E-state index in [9.17, 15) is 27.6 Å². The van der Waals surface area contributed by atoms with Gasteiger partial charge in [0.2, 0.25) is 5.91 Å². The van der Waals surface area contributed by atoms with E-state index in [0.717, 1.165) is 0 Å². The van der Waals surface area contributed by atoms with Crippen molar-refractivity contribution in [3.8, 4) is 0 Å². The number of halogens is 5. The molecule has 16 heteroatoms. The van der Waals surface area contributed by atoms with Gasteiger partial charge in [0.1, 0.15) is 5.69 Å². The summed E-state index contributed by atoms with van der Waals surface area (Å²) < 4.78 is 31.7. The van der Waals surface area contributed by atoms with Gasteiger partial charge in [0.25, 0.3) is 11.8 Å². The Bertz CT molecular complexity index is 1410. The van der Waals surface area contributed by atoms with Crippen LogP contribution < -0.4 is 16.0 Å². The summed E-state index contributed by atoms with van der Waals surface area (Å²) in [7, 11) is 3.81. The van der Waals surface area contributed by atoms with Gasteiger partial charge in [-0.3, -0.25) is 19.5 Å². The number of aromatic amines is 1. The fraction of sp³-hybridized carbons (Fsp3) is 0.160.